The third-order valence-electron chi connectivity index (χ3n) is 4.00. The highest BCUT2D eigenvalue weighted by molar-refractivity contribution is 9.10. The van der Waals surface area contributed by atoms with Crippen molar-refractivity contribution < 1.29 is 9.53 Å². The van der Waals surface area contributed by atoms with Crippen LogP contribution in [0.3, 0.4) is 0 Å². The lowest BCUT2D eigenvalue weighted by Gasteiger charge is -2.14. The Morgan fingerprint density at radius 2 is 2.21 bits per heavy atom. The Kier molecular flexibility index (Phi) is 5.22. The third kappa shape index (κ3) is 3.63. The van der Waals surface area contributed by atoms with Crippen LogP contribution in [0.4, 0.5) is 5.00 Å². The van der Waals surface area contributed by atoms with Crippen molar-refractivity contribution in [2.75, 3.05) is 5.32 Å². The highest BCUT2D eigenvalue weighted by Crippen LogP contribution is 2.37. The number of aryl methyl sites for hydroxylation is 1. The molecule has 124 valence electrons. The van der Waals surface area contributed by atoms with E-state index in [2.05, 4.69) is 27.3 Å². The van der Waals surface area contributed by atoms with E-state index in [0.29, 0.717) is 16.3 Å². The Bertz CT molecular complexity index is 810. The number of halogens is 1. The number of ether oxygens (including phenoxy) is 1. The molecule has 3 rings (SSSR count). The lowest BCUT2D eigenvalue weighted by molar-refractivity contribution is -0.122. The van der Waals surface area contributed by atoms with Crippen LogP contribution in [0.1, 0.15) is 35.8 Å². The number of thiophene rings is 1. The lowest BCUT2D eigenvalue weighted by Crippen LogP contribution is -2.30. The summed E-state index contributed by atoms with van der Waals surface area (Å²) in [4.78, 5) is 13.7. The Balaban J connectivity index is 1.73. The predicted molar refractivity (Wildman–Crippen MR) is 98.5 cm³/mol. The quantitative estimate of drug-likeness (QED) is 0.805. The first kappa shape index (κ1) is 17.0. The van der Waals surface area contributed by atoms with Crippen molar-refractivity contribution in [1.29, 1.82) is 5.26 Å². The van der Waals surface area contributed by atoms with E-state index in [0.717, 1.165) is 35.7 Å². The van der Waals surface area contributed by atoms with Crippen LogP contribution in [0.5, 0.6) is 5.75 Å². The van der Waals surface area contributed by atoms with Crippen LogP contribution >= 0.6 is 27.3 Å². The highest BCUT2D eigenvalue weighted by atomic mass is 79.9. The zero-order valence-electron chi connectivity index (χ0n) is 13.3. The molecule has 1 atom stereocenters. The first-order chi connectivity index (χ1) is 11.6. The number of carbonyl (C=O) groups excluding carboxylic acids is 1. The van der Waals surface area contributed by atoms with Crippen LogP contribution in [0.2, 0.25) is 0 Å². The second-order valence-electron chi connectivity index (χ2n) is 5.73. The van der Waals surface area contributed by atoms with E-state index >= 15 is 0 Å². The van der Waals surface area contributed by atoms with Gasteiger partial charge in [0.1, 0.15) is 16.8 Å². The minimum atomic E-state index is -0.648. The van der Waals surface area contributed by atoms with E-state index in [9.17, 15) is 10.1 Å². The number of anilines is 1. The number of carbonyl (C=O) groups is 1. The molecule has 0 spiro atoms. The number of nitrogens with one attached hydrogen (secondary N) is 1. The summed E-state index contributed by atoms with van der Waals surface area (Å²) in [5, 5.41) is 13.0. The van der Waals surface area contributed by atoms with Gasteiger partial charge < -0.3 is 10.1 Å². The van der Waals surface area contributed by atoms with Crippen LogP contribution in [-0.4, -0.2) is 12.0 Å². The summed E-state index contributed by atoms with van der Waals surface area (Å²) in [6.45, 7) is 1.70. The number of rotatable bonds is 4. The fraction of sp³-hybridized carbons (Fsp3) is 0.333. The van der Waals surface area contributed by atoms with Gasteiger partial charge in [-0.3, -0.25) is 4.79 Å². The molecule has 0 bridgehead atoms. The minimum absolute atomic E-state index is 0.245. The SMILES string of the molecule is CC(Oc1cccc(Br)c1)C(=O)Nc1sc2c(c1C#N)CCCC2. The molecule has 1 amide bonds. The number of nitriles is 1. The smallest absolute Gasteiger partial charge is 0.265 e. The van der Waals surface area contributed by atoms with Gasteiger partial charge in [0.15, 0.2) is 6.10 Å². The zero-order chi connectivity index (χ0) is 17.1. The van der Waals surface area contributed by atoms with Crippen molar-refractivity contribution in [2.24, 2.45) is 0 Å². The second kappa shape index (κ2) is 7.37. The fourth-order valence-corrected chi connectivity index (χ4v) is 4.40. The molecule has 1 N–H and O–H groups in total. The molecule has 0 radical (unpaired) electrons. The standard InChI is InChI=1S/C18H17BrN2O2S/c1-11(23-13-6-4-5-12(19)9-13)17(22)21-18-15(10-20)14-7-2-3-8-16(14)24-18/h4-6,9,11H,2-3,7-8H2,1H3,(H,21,22). The molecule has 1 aromatic carbocycles. The molecule has 1 aromatic heterocycles. The number of hydrogen-bond donors (Lipinski definition) is 1. The van der Waals surface area contributed by atoms with Crippen LogP contribution in [-0.2, 0) is 17.6 Å². The Labute approximate surface area is 153 Å². The number of hydrogen-bond acceptors (Lipinski definition) is 4. The molecule has 1 unspecified atom stereocenters. The third-order valence-corrected chi connectivity index (χ3v) is 5.70. The average Bonchev–Trinajstić information content (AvgIpc) is 2.91. The molecule has 0 fully saturated rings. The first-order valence-electron chi connectivity index (χ1n) is 7.86. The van der Waals surface area contributed by atoms with E-state index in [1.165, 1.54) is 16.2 Å². The minimum Gasteiger partial charge on any atom is -0.481 e. The number of benzene rings is 1. The topological polar surface area (TPSA) is 62.1 Å². The van der Waals surface area contributed by atoms with Crippen molar-refractivity contribution in [1.82, 2.24) is 0 Å². The Morgan fingerprint density at radius 1 is 1.42 bits per heavy atom. The molecule has 6 heteroatoms. The van der Waals surface area contributed by atoms with Crippen LogP contribution < -0.4 is 10.1 Å². The lowest BCUT2D eigenvalue weighted by atomic mass is 9.96. The van der Waals surface area contributed by atoms with Gasteiger partial charge in [-0.15, -0.1) is 11.3 Å². The van der Waals surface area contributed by atoms with Crippen molar-refractivity contribution >= 4 is 38.2 Å². The molecule has 1 heterocycles. The molecule has 1 aliphatic rings. The summed E-state index contributed by atoms with van der Waals surface area (Å²) in [6.07, 6.45) is 3.52. The van der Waals surface area contributed by atoms with E-state index in [4.69, 9.17) is 4.74 Å². The van der Waals surface area contributed by atoms with Gasteiger partial charge >= 0.3 is 0 Å². The second-order valence-corrected chi connectivity index (χ2v) is 7.75. The summed E-state index contributed by atoms with van der Waals surface area (Å²) in [5.74, 6) is 0.378. The summed E-state index contributed by atoms with van der Waals surface area (Å²) in [5.41, 5.74) is 1.74. The normalized spacial score (nSPS) is 14.4. The van der Waals surface area contributed by atoms with E-state index in [1.807, 2.05) is 18.2 Å². The number of fused-ring (bicyclic) bond motifs is 1. The fourth-order valence-electron chi connectivity index (χ4n) is 2.78. The van der Waals surface area contributed by atoms with Crippen molar-refractivity contribution in [3.05, 3.63) is 44.7 Å². The predicted octanol–water partition coefficient (Wildman–Crippen LogP) is 4.67. The van der Waals surface area contributed by atoms with Gasteiger partial charge in [0, 0.05) is 9.35 Å². The molecule has 4 nitrogen and oxygen atoms in total. The molecular weight excluding hydrogens is 388 g/mol. The van der Waals surface area contributed by atoms with E-state index in [-0.39, 0.29) is 5.91 Å². The molecular formula is C18H17BrN2O2S. The maximum absolute atomic E-state index is 12.4. The Morgan fingerprint density at radius 3 is 2.96 bits per heavy atom. The van der Waals surface area contributed by atoms with Crippen molar-refractivity contribution in [2.45, 2.75) is 38.7 Å². The van der Waals surface area contributed by atoms with E-state index in [1.54, 1.807) is 13.0 Å². The molecule has 0 saturated carbocycles. The van der Waals surface area contributed by atoms with Gasteiger partial charge in [-0.25, -0.2) is 0 Å². The monoisotopic (exact) mass is 404 g/mol. The summed E-state index contributed by atoms with van der Waals surface area (Å²) in [7, 11) is 0. The van der Waals surface area contributed by atoms with Crippen molar-refractivity contribution in [3.63, 3.8) is 0 Å². The zero-order valence-corrected chi connectivity index (χ0v) is 15.7. The largest absolute Gasteiger partial charge is 0.481 e. The van der Waals surface area contributed by atoms with Gasteiger partial charge in [-0.2, -0.15) is 5.26 Å². The van der Waals surface area contributed by atoms with Gasteiger partial charge in [0.25, 0.3) is 5.91 Å². The van der Waals surface area contributed by atoms with Crippen LogP contribution in [0, 0.1) is 11.3 Å². The molecule has 2 aromatic rings. The van der Waals surface area contributed by atoms with Gasteiger partial charge in [-0.1, -0.05) is 22.0 Å². The summed E-state index contributed by atoms with van der Waals surface area (Å²) < 4.78 is 6.58. The molecule has 1 aliphatic carbocycles. The molecule has 0 aliphatic heterocycles. The maximum atomic E-state index is 12.4. The first-order valence-corrected chi connectivity index (χ1v) is 9.47. The van der Waals surface area contributed by atoms with Crippen molar-refractivity contribution in [3.8, 4) is 11.8 Å². The van der Waals surface area contributed by atoms with Gasteiger partial charge in [0.2, 0.25) is 0 Å². The van der Waals surface area contributed by atoms with Crippen LogP contribution in [0.15, 0.2) is 28.7 Å². The highest BCUT2D eigenvalue weighted by Gasteiger charge is 2.23. The molecule has 0 saturated heterocycles. The number of amides is 1. The molecule has 24 heavy (non-hydrogen) atoms. The summed E-state index contributed by atoms with van der Waals surface area (Å²) in [6, 6.07) is 9.62. The van der Waals surface area contributed by atoms with Gasteiger partial charge in [0.05, 0.1) is 5.56 Å². The average molecular weight is 405 g/mol. The van der Waals surface area contributed by atoms with Gasteiger partial charge in [-0.05, 0) is 56.4 Å². The maximum Gasteiger partial charge on any atom is 0.265 e. The summed E-state index contributed by atoms with van der Waals surface area (Å²) >= 11 is 4.90. The van der Waals surface area contributed by atoms with E-state index < -0.39 is 6.10 Å². The Hall–Kier alpha value is -1.84. The number of nitrogens with zero attached hydrogens (tertiary/aromatic N) is 1. The van der Waals surface area contributed by atoms with Crippen LogP contribution in [0.25, 0.3) is 0 Å².